The molecular weight excluding hydrogens is 937 g/mol. The maximum Gasteiger partial charge on any atom is 0.306 e. The van der Waals surface area contributed by atoms with Gasteiger partial charge in [0, 0.05) is 19.3 Å². The first-order valence-electron chi connectivity index (χ1n) is 31.9. The van der Waals surface area contributed by atoms with E-state index >= 15 is 0 Å². The second-order valence-electron chi connectivity index (χ2n) is 20.9. The highest BCUT2D eigenvalue weighted by Gasteiger charge is 2.19. The standard InChI is InChI=1S/C70H118O6/c1-4-7-10-13-16-19-22-25-27-29-31-32-33-34-35-36-37-38-40-41-43-45-48-51-54-57-60-63-69(72)75-66-67(65-74-68(71)62-59-56-53-50-47-24-21-18-15-12-9-6-3)76-70(73)64-61-58-55-52-49-46-44-42-39-30-28-26-23-20-17-14-11-8-5-2/h7-8,10-11,16-21,25-28,31-32,39,42,67H,4-6,9,12-15,22-24,29-30,33-38,40-41,43-66H2,1-3H3/b10-7-,11-8-,19-16-,20-17-,21-18-,27-25-,28-26-,32-31-,42-39-. The summed E-state index contributed by atoms with van der Waals surface area (Å²) in [6.07, 6.45) is 86.7. The molecule has 0 aliphatic heterocycles. The van der Waals surface area contributed by atoms with Crippen LogP contribution in [0.4, 0.5) is 0 Å². The van der Waals surface area contributed by atoms with E-state index in [0.29, 0.717) is 19.3 Å². The van der Waals surface area contributed by atoms with Gasteiger partial charge in [-0.05, 0) is 122 Å². The molecule has 6 heteroatoms. The molecule has 1 atom stereocenters. The zero-order valence-corrected chi connectivity index (χ0v) is 49.7. The van der Waals surface area contributed by atoms with Crippen LogP contribution in [0.2, 0.25) is 0 Å². The molecule has 0 bridgehead atoms. The molecule has 0 aromatic rings. The second-order valence-corrected chi connectivity index (χ2v) is 20.9. The van der Waals surface area contributed by atoms with Crippen molar-refractivity contribution in [2.24, 2.45) is 0 Å². The molecule has 0 aliphatic rings. The first-order valence-corrected chi connectivity index (χ1v) is 31.9. The number of unbranched alkanes of at least 4 members (excludes halogenated alkanes) is 28. The van der Waals surface area contributed by atoms with Crippen LogP contribution < -0.4 is 0 Å². The number of rotatable bonds is 57. The third kappa shape index (κ3) is 60.9. The molecule has 0 amide bonds. The highest BCUT2D eigenvalue weighted by molar-refractivity contribution is 5.71. The SMILES string of the molecule is CC/C=C\C/C=C\C/C=C\C/C=C\CCCCCCCCCCCCCCCCC(=O)OCC(COC(=O)CCCCCCC/C=C\CCCCC)OC(=O)CCCCCCCC/C=C\C/C=C\C/C=C\C/C=C\CC. The normalized spacial score (nSPS) is 12.8. The summed E-state index contributed by atoms with van der Waals surface area (Å²) in [4.78, 5) is 38.3. The molecule has 0 aromatic carbocycles. The second kappa shape index (κ2) is 63.6. The number of carbonyl (C=O) groups is 3. The third-order valence-electron chi connectivity index (χ3n) is 13.5. The van der Waals surface area contributed by atoms with Crippen molar-refractivity contribution in [3.05, 3.63) is 109 Å². The highest BCUT2D eigenvalue weighted by atomic mass is 16.6. The molecule has 0 aliphatic carbocycles. The van der Waals surface area contributed by atoms with Gasteiger partial charge in [0.05, 0.1) is 0 Å². The van der Waals surface area contributed by atoms with Gasteiger partial charge in [-0.25, -0.2) is 0 Å². The zero-order valence-electron chi connectivity index (χ0n) is 49.7. The number of ether oxygens (including phenoxy) is 3. The van der Waals surface area contributed by atoms with Crippen LogP contribution >= 0.6 is 0 Å². The van der Waals surface area contributed by atoms with Crippen LogP contribution in [0.25, 0.3) is 0 Å². The molecule has 1 unspecified atom stereocenters. The van der Waals surface area contributed by atoms with Gasteiger partial charge in [0.25, 0.3) is 0 Å². The molecule has 434 valence electrons. The Labute approximate surface area is 470 Å². The molecule has 0 spiro atoms. The number of hydrogen-bond acceptors (Lipinski definition) is 6. The first kappa shape index (κ1) is 72.1. The van der Waals surface area contributed by atoms with Gasteiger partial charge in [0.1, 0.15) is 13.2 Å². The van der Waals surface area contributed by atoms with Crippen LogP contribution in [-0.2, 0) is 28.6 Å². The minimum atomic E-state index is -0.791. The first-order chi connectivity index (χ1) is 37.5. The minimum absolute atomic E-state index is 0.0864. The average molecular weight is 1060 g/mol. The van der Waals surface area contributed by atoms with E-state index in [2.05, 4.69) is 130 Å². The zero-order chi connectivity index (χ0) is 55.0. The Morgan fingerprint density at radius 2 is 0.513 bits per heavy atom. The molecule has 6 nitrogen and oxygen atoms in total. The van der Waals surface area contributed by atoms with Crippen molar-refractivity contribution in [1.29, 1.82) is 0 Å². The van der Waals surface area contributed by atoms with E-state index in [4.69, 9.17) is 14.2 Å². The average Bonchev–Trinajstić information content (AvgIpc) is 3.42. The summed E-state index contributed by atoms with van der Waals surface area (Å²) in [5.41, 5.74) is 0. The van der Waals surface area contributed by atoms with E-state index in [-0.39, 0.29) is 31.1 Å². The summed E-state index contributed by atoms with van der Waals surface area (Å²) in [6.45, 7) is 6.39. The van der Waals surface area contributed by atoms with E-state index in [1.807, 2.05) is 0 Å². The molecule has 0 radical (unpaired) electrons. The Morgan fingerprint density at radius 1 is 0.276 bits per heavy atom. The minimum Gasteiger partial charge on any atom is -0.462 e. The molecule has 0 N–H and O–H groups in total. The van der Waals surface area contributed by atoms with Crippen molar-refractivity contribution >= 4 is 17.9 Å². The van der Waals surface area contributed by atoms with Crippen LogP contribution in [0, 0.1) is 0 Å². The van der Waals surface area contributed by atoms with Gasteiger partial charge in [0.15, 0.2) is 6.10 Å². The van der Waals surface area contributed by atoms with Crippen LogP contribution in [0.5, 0.6) is 0 Å². The van der Waals surface area contributed by atoms with Crippen molar-refractivity contribution in [3.63, 3.8) is 0 Å². The summed E-state index contributed by atoms with van der Waals surface area (Å²) in [7, 11) is 0. The van der Waals surface area contributed by atoms with Gasteiger partial charge in [0.2, 0.25) is 0 Å². The van der Waals surface area contributed by atoms with E-state index in [9.17, 15) is 14.4 Å². The summed E-state index contributed by atoms with van der Waals surface area (Å²) in [6, 6.07) is 0. The Morgan fingerprint density at radius 3 is 0.816 bits per heavy atom. The van der Waals surface area contributed by atoms with Crippen LogP contribution in [0.1, 0.15) is 297 Å². The lowest BCUT2D eigenvalue weighted by molar-refractivity contribution is -0.167. The van der Waals surface area contributed by atoms with Gasteiger partial charge >= 0.3 is 17.9 Å². The largest absolute Gasteiger partial charge is 0.462 e. The summed E-state index contributed by atoms with van der Waals surface area (Å²) >= 11 is 0. The summed E-state index contributed by atoms with van der Waals surface area (Å²) in [5.74, 6) is -0.904. The lowest BCUT2D eigenvalue weighted by atomic mass is 10.0. The smallest absolute Gasteiger partial charge is 0.306 e. The van der Waals surface area contributed by atoms with Crippen molar-refractivity contribution in [2.45, 2.75) is 303 Å². The van der Waals surface area contributed by atoms with Crippen molar-refractivity contribution in [2.75, 3.05) is 13.2 Å². The number of hydrogen-bond donors (Lipinski definition) is 0. The fraction of sp³-hybridized carbons (Fsp3) is 0.700. The topological polar surface area (TPSA) is 78.9 Å². The predicted molar refractivity (Wildman–Crippen MR) is 330 cm³/mol. The van der Waals surface area contributed by atoms with Gasteiger partial charge in [-0.15, -0.1) is 0 Å². The maximum absolute atomic E-state index is 12.9. The monoisotopic (exact) mass is 1050 g/mol. The Bertz CT molecular complexity index is 1540. The third-order valence-corrected chi connectivity index (χ3v) is 13.5. The van der Waals surface area contributed by atoms with Crippen molar-refractivity contribution < 1.29 is 28.6 Å². The van der Waals surface area contributed by atoms with E-state index in [1.165, 1.54) is 128 Å². The Hall–Kier alpha value is -3.93. The van der Waals surface area contributed by atoms with E-state index in [1.54, 1.807) is 0 Å². The van der Waals surface area contributed by atoms with Gasteiger partial charge in [-0.2, -0.15) is 0 Å². The molecule has 0 saturated heterocycles. The lowest BCUT2D eigenvalue weighted by Crippen LogP contribution is -2.30. The maximum atomic E-state index is 12.9. The summed E-state index contributed by atoms with van der Waals surface area (Å²) < 4.78 is 16.9. The fourth-order valence-corrected chi connectivity index (χ4v) is 8.77. The summed E-state index contributed by atoms with van der Waals surface area (Å²) in [5, 5.41) is 0. The van der Waals surface area contributed by atoms with Crippen LogP contribution in [-0.4, -0.2) is 37.2 Å². The van der Waals surface area contributed by atoms with Crippen LogP contribution in [0.15, 0.2) is 109 Å². The predicted octanol–water partition coefficient (Wildman–Crippen LogP) is 21.8. The van der Waals surface area contributed by atoms with E-state index in [0.717, 1.165) is 128 Å². The molecule has 0 heterocycles. The quantitative estimate of drug-likeness (QED) is 0.0261. The molecule has 0 rings (SSSR count). The Balaban J connectivity index is 4.29. The molecule has 76 heavy (non-hydrogen) atoms. The Kier molecular flexibility index (Phi) is 60.3. The van der Waals surface area contributed by atoms with Gasteiger partial charge in [-0.3, -0.25) is 14.4 Å². The fourth-order valence-electron chi connectivity index (χ4n) is 8.77. The van der Waals surface area contributed by atoms with E-state index < -0.39 is 6.10 Å². The number of esters is 3. The lowest BCUT2D eigenvalue weighted by Gasteiger charge is -2.18. The molecular formula is C70H118O6. The number of carbonyl (C=O) groups excluding carboxylic acids is 3. The molecule has 0 saturated carbocycles. The molecule has 0 aromatic heterocycles. The molecule has 0 fully saturated rings. The van der Waals surface area contributed by atoms with Crippen molar-refractivity contribution in [1.82, 2.24) is 0 Å². The highest BCUT2D eigenvalue weighted by Crippen LogP contribution is 2.16. The number of allylic oxidation sites excluding steroid dienone is 18. The van der Waals surface area contributed by atoms with Gasteiger partial charge in [-0.1, -0.05) is 265 Å². The van der Waals surface area contributed by atoms with Crippen molar-refractivity contribution in [3.8, 4) is 0 Å². The van der Waals surface area contributed by atoms with Crippen LogP contribution in [0.3, 0.4) is 0 Å². The van der Waals surface area contributed by atoms with Gasteiger partial charge < -0.3 is 14.2 Å².